The van der Waals surface area contributed by atoms with Crippen molar-refractivity contribution in [3.8, 4) is 0 Å². The Balaban J connectivity index is 1.61. The van der Waals surface area contributed by atoms with Gasteiger partial charge in [-0.1, -0.05) is 24.3 Å². The summed E-state index contributed by atoms with van der Waals surface area (Å²) in [6, 6.07) is 11.1. The second-order valence-electron chi connectivity index (χ2n) is 5.88. The van der Waals surface area contributed by atoms with E-state index in [1.165, 1.54) is 6.26 Å². The summed E-state index contributed by atoms with van der Waals surface area (Å²) in [5.41, 5.74) is 2.08. The van der Waals surface area contributed by atoms with Gasteiger partial charge in [0, 0.05) is 12.5 Å². The van der Waals surface area contributed by atoms with Crippen LogP contribution in [0.25, 0.3) is 0 Å². The van der Waals surface area contributed by atoms with Gasteiger partial charge in [0.15, 0.2) is 6.10 Å². The molecule has 23 heavy (non-hydrogen) atoms. The molecule has 3 rings (SSSR count). The highest BCUT2D eigenvalue weighted by Gasteiger charge is 2.28. The number of hydrogen-bond acceptors (Lipinski definition) is 4. The zero-order valence-corrected chi connectivity index (χ0v) is 13.1. The van der Waals surface area contributed by atoms with E-state index in [0.717, 1.165) is 17.5 Å². The second kappa shape index (κ2) is 6.98. The Kier molecular flexibility index (Phi) is 4.79. The van der Waals surface area contributed by atoms with E-state index in [4.69, 9.17) is 9.15 Å². The molecule has 5 nitrogen and oxygen atoms in total. The van der Waals surface area contributed by atoms with E-state index >= 15 is 0 Å². The summed E-state index contributed by atoms with van der Waals surface area (Å²) in [4.78, 5) is 12.5. The number of hydrogen-bond donors (Lipinski definition) is 2. The van der Waals surface area contributed by atoms with Crippen molar-refractivity contribution in [1.29, 1.82) is 0 Å². The van der Waals surface area contributed by atoms with Crippen LogP contribution in [0.3, 0.4) is 0 Å². The number of fused-ring (bicyclic) bond motifs is 1. The summed E-state index contributed by atoms with van der Waals surface area (Å²) in [5.74, 6) is 0.335. The summed E-state index contributed by atoms with van der Waals surface area (Å²) < 4.78 is 10.8. The van der Waals surface area contributed by atoms with Gasteiger partial charge >= 0.3 is 0 Å². The Labute approximate surface area is 135 Å². The van der Waals surface area contributed by atoms with E-state index in [2.05, 4.69) is 5.32 Å². The van der Waals surface area contributed by atoms with Crippen LogP contribution in [0, 0.1) is 0 Å². The van der Waals surface area contributed by atoms with E-state index in [-0.39, 0.29) is 11.9 Å². The Morgan fingerprint density at radius 1 is 1.35 bits per heavy atom. The topological polar surface area (TPSA) is 71.7 Å². The van der Waals surface area contributed by atoms with Gasteiger partial charge < -0.3 is 19.6 Å². The standard InChI is InChI=1S/C18H21NO4/c1-12(11-15(20)16-7-4-9-22-16)19-18(21)17-14-6-3-2-5-13(14)8-10-23-17/h2-7,9,12,15,17,20H,8,10-11H2,1H3,(H,19,21)/t12-,15-,17+/m1/s1. The van der Waals surface area contributed by atoms with Crippen LogP contribution in [0.4, 0.5) is 0 Å². The van der Waals surface area contributed by atoms with Crippen molar-refractivity contribution in [2.75, 3.05) is 6.61 Å². The van der Waals surface area contributed by atoms with Crippen LogP contribution < -0.4 is 5.32 Å². The number of amides is 1. The van der Waals surface area contributed by atoms with Gasteiger partial charge in [0.05, 0.1) is 12.9 Å². The molecule has 1 amide bonds. The highest BCUT2D eigenvalue weighted by molar-refractivity contribution is 5.83. The molecule has 3 atom stereocenters. The molecule has 0 aliphatic carbocycles. The number of nitrogens with one attached hydrogen (secondary N) is 1. The minimum absolute atomic E-state index is 0.170. The van der Waals surface area contributed by atoms with Crippen LogP contribution in [0.2, 0.25) is 0 Å². The first-order valence-electron chi connectivity index (χ1n) is 7.86. The van der Waals surface area contributed by atoms with Crippen molar-refractivity contribution in [2.45, 2.75) is 38.0 Å². The molecule has 0 saturated carbocycles. The van der Waals surface area contributed by atoms with Gasteiger partial charge in [0.2, 0.25) is 0 Å². The fraction of sp³-hybridized carbons (Fsp3) is 0.389. The molecule has 0 bridgehead atoms. The van der Waals surface area contributed by atoms with Crippen molar-refractivity contribution >= 4 is 5.91 Å². The van der Waals surface area contributed by atoms with Crippen LogP contribution in [0.5, 0.6) is 0 Å². The number of aliphatic hydroxyl groups excluding tert-OH is 1. The molecule has 0 radical (unpaired) electrons. The average Bonchev–Trinajstić information content (AvgIpc) is 3.08. The fourth-order valence-electron chi connectivity index (χ4n) is 2.92. The maximum absolute atomic E-state index is 12.5. The number of carbonyl (C=O) groups excluding carboxylic acids is 1. The third kappa shape index (κ3) is 3.63. The first-order valence-corrected chi connectivity index (χ1v) is 7.86. The molecule has 2 heterocycles. The Morgan fingerprint density at radius 2 is 2.17 bits per heavy atom. The number of aliphatic hydroxyl groups is 1. The lowest BCUT2D eigenvalue weighted by atomic mass is 9.97. The SMILES string of the molecule is C[C@H](C[C@@H](O)c1ccco1)NC(=O)[C@H]1OCCc2ccccc21. The smallest absolute Gasteiger partial charge is 0.253 e. The maximum Gasteiger partial charge on any atom is 0.253 e. The highest BCUT2D eigenvalue weighted by Crippen LogP contribution is 2.27. The van der Waals surface area contributed by atoms with Crippen LogP contribution in [-0.4, -0.2) is 23.7 Å². The van der Waals surface area contributed by atoms with Crippen molar-refractivity contribution < 1.29 is 19.1 Å². The Bertz CT molecular complexity index is 653. The zero-order chi connectivity index (χ0) is 16.2. The largest absolute Gasteiger partial charge is 0.467 e. The Hall–Kier alpha value is -2.11. The van der Waals surface area contributed by atoms with Gasteiger partial charge in [-0.25, -0.2) is 0 Å². The van der Waals surface area contributed by atoms with Gasteiger partial charge in [0.25, 0.3) is 5.91 Å². The highest BCUT2D eigenvalue weighted by atomic mass is 16.5. The lowest BCUT2D eigenvalue weighted by molar-refractivity contribution is -0.135. The first-order chi connectivity index (χ1) is 11.1. The molecule has 2 N–H and O–H groups in total. The molecule has 5 heteroatoms. The van der Waals surface area contributed by atoms with Gasteiger partial charge in [-0.3, -0.25) is 4.79 Å². The van der Waals surface area contributed by atoms with E-state index in [1.807, 2.05) is 31.2 Å². The second-order valence-corrected chi connectivity index (χ2v) is 5.88. The van der Waals surface area contributed by atoms with Crippen LogP contribution >= 0.6 is 0 Å². The predicted octanol–water partition coefficient (Wildman–Crippen LogP) is 2.52. The molecule has 0 unspecified atom stereocenters. The summed E-state index contributed by atoms with van der Waals surface area (Å²) in [6.07, 6.45) is 1.41. The normalized spacial score (nSPS) is 19.7. The third-order valence-electron chi connectivity index (χ3n) is 4.07. The molecule has 2 aromatic rings. The third-order valence-corrected chi connectivity index (χ3v) is 4.07. The maximum atomic E-state index is 12.5. The number of furan rings is 1. The molecule has 122 valence electrons. The van der Waals surface area contributed by atoms with E-state index in [1.54, 1.807) is 12.1 Å². The molecule has 1 aromatic carbocycles. The molecular weight excluding hydrogens is 294 g/mol. The van der Waals surface area contributed by atoms with Crippen molar-refractivity contribution in [2.24, 2.45) is 0 Å². The van der Waals surface area contributed by atoms with Crippen LogP contribution in [0.1, 0.15) is 42.4 Å². The number of benzene rings is 1. The molecule has 0 fully saturated rings. The lowest BCUT2D eigenvalue weighted by Crippen LogP contribution is -2.39. The van der Waals surface area contributed by atoms with Crippen LogP contribution in [-0.2, 0) is 16.0 Å². The number of rotatable bonds is 5. The first kappa shape index (κ1) is 15.8. The average molecular weight is 315 g/mol. The van der Waals surface area contributed by atoms with E-state index in [9.17, 15) is 9.90 Å². The lowest BCUT2D eigenvalue weighted by Gasteiger charge is -2.27. The van der Waals surface area contributed by atoms with Crippen molar-refractivity contribution in [1.82, 2.24) is 5.32 Å². The zero-order valence-electron chi connectivity index (χ0n) is 13.1. The summed E-state index contributed by atoms with van der Waals surface area (Å²) in [6.45, 7) is 2.40. The monoisotopic (exact) mass is 315 g/mol. The van der Waals surface area contributed by atoms with Gasteiger partial charge in [-0.15, -0.1) is 0 Å². The molecule has 0 saturated heterocycles. The Morgan fingerprint density at radius 3 is 2.96 bits per heavy atom. The predicted molar refractivity (Wildman–Crippen MR) is 84.7 cm³/mol. The van der Waals surface area contributed by atoms with Crippen molar-refractivity contribution in [3.05, 3.63) is 59.5 Å². The fourth-order valence-corrected chi connectivity index (χ4v) is 2.92. The van der Waals surface area contributed by atoms with Gasteiger partial charge in [-0.05, 0) is 36.6 Å². The van der Waals surface area contributed by atoms with Crippen LogP contribution in [0.15, 0.2) is 47.1 Å². The summed E-state index contributed by atoms with van der Waals surface area (Å²) in [5, 5.41) is 13.0. The number of ether oxygens (including phenoxy) is 1. The van der Waals surface area contributed by atoms with Gasteiger partial charge in [0.1, 0.15) is 11.9 Å². The van der Waals surface area contributed by atoms with Gasteiger partial charge in [-0.2, -0.15) is 0 Å². The number of carbonyl (C=O) groups is 1. The molecular formula is C18H21NO4. The molecule has 1 aliphatic heterocycles. The van der Waals surface area contributed by atoms with E-state index in [0.29, 0.717) is 18.8 Å². The summed E-state index contributed by atoms with van der Waals surface area (Å²) >= 11 is 0. The minimum Gasteiger partial charge on any atom is -0.467 e. The molecule has 1 aliphatic rings. The molecule has 1 aromatic heterocycles. The molecule has 0 spiro atoms. The minimum atomic E-state index is -0.736. The van der Waals surface area contributed by atoms with E-state index < -0.39 is 12.2 Å². The summed E-state index contributed by atoms with van der Waals surface area (Å²) in [7, 11) is 0. The van der Waals surface area contributed by atoms with Crippen molar-refractivity contribution in [3.63, 3.8) is 0 Å². The quantitative estimate of drug-likeness (QED) is 0.889.